The number of sulfonamides is 1. The molecule has 160 valence electrons. The molecule has 2 N–H and O–H groups in total. The van der Waals surface area contributed by atoms with E-state index in [0.29, 0.717) is 17.9 Å². The molecule has 0 aromatic heterocycles. The fourth-order valence-corrected chi connectivity index (χ4v) is 6.03. The first-order chi connectivity index (χ1) is 14.1. The summed E-state index contributed by atoms with van der Waals surface area (Å²) in [7, 11) is -3.66. The number of hydrogen-bond acceptors (Lipinski definition) is 3. The minimum atomic E-state index is -3.66. The van der Waals surface area contributed by atoms with E-state index in [0.717, 1.165) is 38.7 Å². The Labute approximate surface area is 180 Å². The van der Waals surface area contributed by atoms with Gasteiger partial charge in [0.25, 0.3) is 0 Å². The molecule has 30 heavy (non-hydrogen) atoms. The van der Waals surface area contributed by atoms with Crippen molar-refractivity contribution < 1.29 is 8.42 Å². The van der Waals surface area contributed by atoms with Crippen LogP contribution >= 0.6 is 0 Å². The second kappa shape index (κ2) is 8.40. The van der Waals surface area contributed by atoms with Gasteiger partial charge in [-0.1, -0.05) is 61.0 Å². The number of benzene rings is 3. The summed E-state index contributed by atoms with van der Waals surface area (Å²) in [6.45, 7) is 12.2. The summed E-state index contributed by atoms with van der Waals surface area (Å²) in [5.41, 5.74) is 4.17. The van der Waals surface area contributed by atoms with Crippen LogP contribution in [0.4, 0.5) is 5.69 Å². The molecule has 0 aliphatic carbocycles. The molecular weight excluding hydrogens is 392 g/mol. The number of hydrogen-bond donors (Lipinski definition) is 2. The monoisotopic (exact) mass is 424 g/mol. The molecule has 0 fully saturated rings. The Morgan fingerprint density at radius 3 is 2.17 bits per heavy atom. The number of fused-ring (bicyclic) bond motifs is 1. The van der Waals surface area contributed by atoms with Gasteiger partial charge in [-0.25, -0.2) is 13.1 Å². The van der Waals surface area contributed by atoms with Crippen LogP contribution in [0.3, 0.4) is 0 Å². The molecule has 0 heterocycles. The van der Waals surface area contributed by atoms with Crippen molar-refractivity contribution in [3.8, 4) is 0 Å². The Balaban J connectivity index is 1.90. The van der Waals surface area contributed by atoms with Gasteiger partial charge >= 0.3 is 0 Å². The number of nitrogens with one attached hydrogen (secondary N) is 2. The molecule has 3 aromatic carbocycles. The molecule has 3 aromatic rings. The van der Waals surface area contributed by atoms with Gasteiger partial charge in [0.15, 0.2) is 0 Å². The fraction of sp³-hybridized carbons (Fsp3) is 0.360. The highest BCUT2D eigenvalue weighted by Crippen LogP contribution is 2.29. The maximum Gasteiger partial charge on any atom is 0.241 e. The molecular formula is C25H32N2O2S. The SMILES string of the molecule is CC[C@@](C)(CNc1c(C)ccc2ccccc12)NS(=O)(=O)c1c(C)cc(C)cc1C. The lowest BCUT2D eigenvalue weighted by Crippen LogP contribution is -2.50. The molecule has 4 nitrogen and oxygen atoms in total. The lowest BCUT2D eigenvalue weighted by molar-refractivity contribution is 0.421. The Kier molecular flexibility index (Phi) is 6.25. The summed E-state index contributed by atoms with van der Waals surface area (Å²) in [5, 5.41) is 5.84. The lowest BCUT2D eigenvalue weighted by atomic mass is 9.99. The van der Waals surface area contributed by atoms with Gasteiger partial charge < -0.3 is 5.32 Å². The van der Waals surface area contributed by atoms with E-state index in [4.69, 9.17) is 0 Å². The quantitative estimate of drug-likeness (QED) is 0.516. The van der Waals surface area contributed by atoms with Gasteiger partial charge in [-0.2, -0.15) is 0 Å². The Hall–Kier alpha value is -2.37. The summed E-state index contributed by atoms with van der Waals surface area (Å²) in [4.78, 5) is 0.383. The van der Waals surface area contributed by atoms with Crippen LogP contribution in [0.15, 0.2) is 53.4 Å². The third-order valence-electron chi connectivity index (χ3n) is 5.83. The minimum absolute atomic E-state index is 0.383. The molecule has 0 spiro atoms. The predicted octanol–water partition coefficient (Wildman–Crippen LogP) is 5.63. The van der Waals surface area contributed by atoms with Gasteiger partial charge in [-0.3, -0.25) is 0 Å². The maximum atomic E-state index is 13.3. The smallest absolute Gasteiger partial charge is 0.241 e. The van der Waals surface area contributed by atoms with Crippen molar-refractivity contribution in [3.05, 3.63) is 70.8 Å². The molecule has 1 atom stereocenters. The first-order valence-corrected chi connectivity index (χ1v) is 11.9. The molecule has 0 unspecified atom stereocenters. The second-order valence-corrected chi connectivity index (χ2v) is 10.2. The van der Waals surface area contributed by atoms with Crippen molar-refractivity contribution in [1.29, 1.82) is 0 Å². The van der Waals surface area contributed by atoms with Crippen molar-refractivity contribution in [2.45, 2.75) is 58.4 Å². The maximum absolute atomic E-state index is 13.3. The molecule has 3 rings (SSSR count). The van der Waals surface area contributed by atoms with Gasteiger partial charge in [0.1, 0.15) is 0 Å². The highest BCUT2D eigenvalue weighted by Gasteiger charge is 2.31. The van der Waals surface area contributed by atoms with Gasteiger partial charge in [-0.05, 0) is 63.1 Å². The van der Waals surface area contributed by atoms with E-state index in [9.17, 15) is 8.42 Å². The zero-order valence-corrected chi connectivity index (χ0v) is 19.6. The third kappa shape index (κ3) is 4.52. The van der Waals surface area contributed by atoms with Gasteiger partial charge in [0, 0.05) is 23.2 Å². The first kappa shape index (κ1) is 22.3. The van der Waals surface area contributed by atoms with Crippen LogP contribution in [0, 0.1) is 27.7 Å². The van der Waals surface area contributed by atoms with Crippen LogP contribution in [-0.2, 0) is 10.0 Å². The van der Waals surface area contributed by atoms with E-state index >= 15 is 0 Å². The Morgan fingerprint density at radius 2 is 1.53 bits per heavy atom. The zero-order valence-electron chi connectivity index (χ0n) is 18.8. The van der Waals surface area contributed by atoms with Crippen LogP contribution in [0.5, 0.6) is 0 Å². The summed E-state index contributed by atoms with van der Waals surface area (Å²) >= 11 is 0. The average Bonchev–Trinajstić information content (AvgIpc) is 2.65. The van der Waals surface area contributed by atoms with Gasteiger partial charge in [0.05, 0.1) is 4.90 Å². The van der Waals surface area contributed by atoms with E-state index in [1.54, 1.807) is 0 Å². The van der Waals surface area contributed by atoms with Crippen LogP contribution in [0.25, 0.3) is 10.8 Å². The van der Waals surface area contributed by atoms with Crippen molar-refractivity contribution in [2.75, 3.05) is 11.9 Å². The van der Waals surface area contributed by atoms with Crippen molar-refractivity contribution in [2.24, 2.45) is 0 Å². The van der Waals surface area contributed by atoms with E-state index in [2.05, 4.69) is 41.2 Å². The fourth-order valence-electron chi connectivity index (χ4n) is 4.10. The number of rotatable bonds is 7. The normalized spacial score (nSPS) is 13.9. The predicted molar refractivity (Wildman–Crippen MR) is 127 cm³/mol. The van der Waals surface area contributed by atoms with E-state index in [-0.39, 0.29) is 0 Å². The van der Waals surface area contributed by atoms with Crippen LogP contribution in [0.2, 0.25) is 0 Å². The summed E-state index contributed by atoms with van der Waals surface area (Å²) in [6, 6.07) is 16.3. The molecule has 0 radical (unpaired) electrons. The summed E-state index contributed by atoms with van der Waals surface area (Å²) < 4.78 is 29.6. The van der Waals surface area contributed by atoms with Crippen LogP contribution < -0.4 is 10.0 Å². The summed E-state index contributed by atoms with van der Waals surface area (Å²) in [5.74, 6) is 0. The standard InChI is InChI=1S/C25H32N2O2S/c1-7-25(6,27-30(28,29)24-19(4)14-17(2)15-20(24)5)16-26-23-18(3)12-13-21-10-8-9-11-22(21)23/h8-15,26-27H,7,16H2,1-6H3/t25-/m0/s1. The largest absolute Gasteiger partial charge is 0.382 e. The third-order valence-corrected chi connectivity index (χ3v) is 7.77. The van der Waals surface area contributed by atoms with E-state index in [1.165, 1.54) is 0 Å². The Bertz CT molecular complexity index is 1160. The van der Waals surface area contributed by atoms with Crippen molar-refractivity contribution in [1.82, 2.24) is 4.72 Å². The second-order valence-electron chi connectivity index (χ2n) is 8.58. The molecule has 5 heteroatoms. The molecule has 0 saturated heterocycles. The lowest BCUT2D eigenvalue weighted by Gasteiger charge is -2.31. The topological polar surface area (TPSA) is 58.2 Å². The number of aryl methyl sites for hydroxylation is 4. The molecule has 0 saturated carbocycles. The van der Waals surface area contributed by atoms with Gasteiger partial charge in [-0.15, -0.1) is 0 Å². The van der Waals surface area contributed by atoms with Crippen LogP contribution in [0.1, 0.15) is 42.5 Å². The van der Waals surface area contributed by atoms with Crippen LogP contribution in [-0.4, -0.2) is 20.5 Å². The first-order valence-electron chi connectivity index (χ1n) is 10.4. The highest BCUT2D eigenvalue weighted by atomic mass is 32.2. The molecule has 0 bridgehead atoms. The summed E-state index contributed by atoms with van der Waals surface area (Å²) in [6.07, 6.45) is 0.660. The van der Waals surface area contributed by atoms with Crippen molar-refractivity contribution >= 4 is 26.5 Å². The van der Waals surface area contributed by atoms with Crippen molar-refractivity contribution in [3.63, 3.8) is 0 Å². The van der Waals surface area contributed by atoms with Gasteiger partial charge in [0.2, 0.25) is 10.0 Å². The zero-order chi connectivity index (χ0) is 22.1. The van der Waals surface area contributed by atoms with E-state index < -0.39 is 15.6 Å². The average molecular weight is 425 g/mol. The Morgan fingerprint density at radius 1 is 0.900 bits per heavy atom. The highest BCUT2D eigenvalue weighted by molar-refractivity contribution is 7.89. The molecule has 0 aliphatic rings. The van der Waals surface area contributed by atoms with E-state index in [1.807, 2.05) is 58.9 Å². The minimum Gasteiger partial charge on any atom is -0.382 e. The molecule has 0 aliphatic heterocycles. The molecule has 0 amide bonds. The number of anilines is 1.